The fraction of sp³-hybridized carbons (Fsp3) is 0.273. The third-order valence-corrected chi connectivity index (χ3v) is 2.58. The van der Waals surface area contributed by atoms with Crippen LogP contribution in [-0.4, -0.2) is 29.8 Å². The van der Waals surface area contributed by atoms with E-state index in [-0.39, 0.29) is 24.9 Å². The lowest BCUT2D eigenvalue weighted by atomic mass is 10.2. The van der Waals surface area contributed by atoms with Crippen LogP contribution in [0.15, 0.2) is 24.3 Å². The summed E-state index contributed by atoms with van der Waals surface area (Å²) in [6.45, 7) is 1.10. The van der Waals surface area contributed by atoms with E-state index in [1.54, 1.807) is 17.0 Å². The van der Waals surface area contributed by atoms with Crippen LogP contribution in [0.25, 0.3) is 0 Å². The molecule has 16 heavy (non-hydrogen) atoms. The van der Waals surface area contributed by atoms with Crippen molar-refractivity contribution in [1.29, 1.82) is 0 Å². The fourth-order valence-electron chi connectivity index (χ4n) is 1.66. The van der Waals surface area contributed by atoms with Gasteiger partial charge >= 0.3 is 0 Å². The largest absolute Gasteiger partial charge is 0.294 e. The second-order valence-electron chi connectivity index (χ2n) is 3.74. The molecular formula is C11H11ClN2O2. The summed E-state index contributed by atoms with van der Waals surface area (Å²) < 4.78 is 0. The van der Waals surface area contributed by atoms with E-state index in [1.165, 1.54) is 0 Å². The topological polar surface area (TPSA) is 49.4 Å². The Bertz CT molecular complexity index is 400. The van der Waals surface area contributed by atoms with Crippen molar-refractivity contribution in [2.75, 3.05) is 13.1 Å². The number of imide groups is 1. The van der Waals surface area contributed by atoms with Crippen molar-refractivity contribution >= 4 is 23.4 Å². The van der Waals surface area contributed by atoms with Gasteiger partial charge in [-0.05, 0) is 17.7 Å². The molecule has 1 heterocycles. The molecular weight excluding hydrogens is 228 g/mol. The van der Waals surface area contributed by atoms with Gasteiger partial charge in [0.25, 0.3) is 0 Å². The van der Waals surface area contributed by atoms with Crippen molar-refractivity contribution < 1.29 is 9.59 Å². The average molecular weight is 239 g/mol. The maximum Gasteiger partial charge on any atom is 0.240 e. The van der Waals surface area contributed by atoms with Gasteiger partial charge in [-0.25, -0.2) is 0 Å². The summed E-state index contributed by atoms with van der Waals surface area (Å²) in [4.78, 5) is 24.1. The molecule has 2 amide bonds. The second kappa shape index (κ2) is 4.63. The van der Waals surface area contributed by atoms with Crippen molar-refractivity contribution in [3.8, 4) is 0 Å². The lowest BCUT2D eigenvalue weighted by Gasteiger charge is -2.25. The first-order valence-electron chi connectivity index (χ1n) is 4.93. The summed E-state index contributed by atoms with van der Waals surface area (Å²) >= 11 is 5.77. The van der Waals surface area contributed by atoms with Crippen molar-refractivity contribution in [1.82, 2.24) is 10.2 Å². The van der Waals surface area contributed by atoms with Crippen LogP contribution in [0, 0.1) is 0 Å². The van der Waals surface area contributed by atoms with E-state index in [2.05, 4.69) is 5.32 Å². The molecule has 0 spiro atoms. The number of carbonyl (C=O) groups excluding carboxylic acids is 2. The molecule has 1 aliphatic rings. The number of hydrogen-bond donors (Lipinski definition) is 1. The summed E-state index contributed by atoms with van der Waals surface area (Å²) in [5, 5.41) is 2.94. The first-order chi connectivity index (χ1) is 7.63. The van der Waals surface area contributed by atoms with Crippen LogP contribution in [0.3, 0.4) is 0 Å². The minimum absolute atomic E-state index is 0.245. The summed E-state index contributed by atoms with van der Waals surface area (Å²) in [6, 6.07) is 7.37. The Kier molecular flexibility index (Phi) is 3.22. The lowest BCUT2D eigenvalue weighted by Crippen LogP contribution is -2.50. The highest BCUT2D eigenvalue weighted by molar-refractivity contribution is 6.30. The highest BCUT2D eigenvalue weighted by atomic mass is 35.5. The van der Waals surface area contributed by atoms with Crippen LogP contribution >= 0.6 is 11.6 Å². The highest BCUT2D eigenvalue weighted by Gasteiger charge is 2.21. The molecule has 1 N–H and O–H groups in total. The minimum Gasteiger partial charge on any atom is -0.294 e. The van der Waals surface area contributed by atoms with Crippen LogP contribution in [0.2, 0.25) is 5.02 Å². The molecule has 0 radical (unpaired) electrons. The van der Waals surface area contributed by atoms with Gasteiger partial charge in [0.05, 0.1) is 13.1 Å². The van der Waals surface area contributed by atoms with Crippen molar-refractivity contribution in [2.45, 2.75) is 6.54 Å². The molecule has 1 aromatic carbocycles. The van der Waals surface area contributed by atoms with E-state index < -0.39 is 0 Å². The molecule has 2 rings (SSSR count). The van der Waals surface area contributed by atoms with Crippen LogP contribution < -0.4 is 5.32 Å². The number of hydrogen-bond acceptors (Lipinski definition) is 3. The molecule has 1 aromatic rings. The molecule has 1 aliphatic heterocycles. The lowest BCUT2D eigenvalue weighted by molar-refractivity contribution is -0.136. The van der Waals surface area contributed by atoms with Gasteiger partial charge in [0, 0.05) is 11.6 Å². The second-order valence-corrected chi connectivity index (χ2v) is 4.18. The van der Waals surface area contributed by atoms with Gasteiger partial charge in [-0.1, -0.05) is 23.7 Å². The molecule has 84 valence electrons. The maximum absolute atomic E-state index is 11.1. The first-order valence-corrected chi connectivity index (χ1v) is 5.31. The normalized spacial score (nSPS) is 17.3. The molecule has 0 aromatic heterocycles. The Labute approximate surface area is 98.2 Å². The van der Waals surface area contributed by atoms with Crippen LogP contribution in [0.4, 0.5) is 0 Å². The molecule has 0 saturated carbocycles. The van der Waals surface area contributed by atoms with Gasteiger partial charge in [-0.15, -0.1) is 0 Å². The van der Waals surface area contributed by atoms with Crippen molar-refractivity contribution in [3.05, 3.63) is 34.9 Å². The summed E-state index contributed by atoms with van der Waals surface area (Å²) in [6.07, 6.45) is 0. The third kappa shape index (κ3) is 2.81. The minimum atomic E-state index is -0.245. The third-order valence-electron chi connectivity index (χ3n) is 2.33. The number of piperazine rings is 1. The number of halogens is 1. The van der Waals surface area contributed by atoms with Crippen molar-refractivity contribution in [3.63, 3.8) is 0 Å². The van der Waals surface area contributed by atoms with E-state index in [0.29, 0.717) is 11.6 Å². The van der Waals surface area contributed by atoms with Gasteiger partial charge < -0.3 is 0 Å². The summed E-state index contributed by atoms with van der Waals surface area (Å²) in [5.74, 6) is -0.490. The van der Waals surface area contributed by atoms with Gasteiger partial charge in [-0.3, -0.25) is 19.8 Å². The zero-order valence-corrected chi connectivity index (χ0v) is 9.33. The average Bonchev–Trinajstić information content (AvgIpc) is 2.20. The monoisotopic (exact) mass is 238 g/mol. The molecule has 1 fully saturated rings. The SMILES string of the molecule is O=C1CN(Cc2ccc(Cl)cc2)CC(=O)N1. The predicted molar refractivity (Wildman–Crippen MR) is 59.9 cm³/mol. The smallest absolute Gasteiger partial charge is 0.240 e. The maximum atomic E-state index is 11.1. The molecule has 0 bridgehead atoms. The molecule has 5 heteroatoms. The first kappa shape index (κ1) is 11.1. The molecule has 0 aliphatic carbocycles. The van der Waals surface area contributed by atoms with Crippen molar-refractivity contribution in [2.24, 2.45) is 0 Å². The number of nitrogens with one attached hydrogen (secondary N) is 1. The predicted octanol–water partition coefficient (Wildman–Crippen LogP) is 0.798. The number of carbonyl (C=O) groups is 2. The number of amides is 2. The summed E-state index contributed by atoms with van der Waals surface area (Å²) in [7, 11) is 0. The molecule has 4 nitrogen and oxygen atoms in total. The Morgan fingerprint density at radius 2 is 1.69 bits per heavy atom. The number of nitrogens with zero attached hydrogens (tertiary/aromatic N) is 1. The Hall–Kier alpha value is -1.39. The van der Waals surface area contributed by atoms with E-state index in [9.17, 15) is 9.59 Å². The Balaban J connectivity index is 2.01. The van der Waals surface area contributed by atoms with Gasteiger partial charge in [0.15, 0.2) is 0 Å². The quantitative estimate of drug-likeness (QED) is 0.776. The zero-order valence-electron chi connectivity index (χ0n) is 8.57. The molecule has 0 atom stereocenters. The van der Waals surface area contributed by atoms with Gasteiger partial charge in [0.2, 0.25) is 11.8 Å². The van der Waals surface area contributed by atoms with Crippen LogP contribution in [-0.2, 0) is 16.1 Å². The van der Waals surface area contributed by atoms with E-state index in [1.807, 2.05) is 12.1 Å². The van der Waals surface area contributed by atoms with Gasteiger partial charge in [0.1, 0.15) is 0 Å². The zero-order chi connectivity index (χ0) is 11.5. The number of rotatable bonds is 2. The van der Waals surface area contributed by atoms with Gasteiger partial charge in [-0.2, -0.15) is 0 Å². The van der Waals surface area contributed by atoms with Crippen LogP contribution in [0.5, 0.6) is 0 Å². The molecule has 1 saturated heterocycles. The highest BCUT2D eigenvalue weighted by Crippen LogP contribution is 2.11. The Morgan fingerprint density at radius 3 is 2.25 bits per heavy atom. The van der Waals surface area contributed by atoms with E-state index in [0.717, 1.165) is 5.56 Å². The fourth-order valence-corrected chi connectivity index (χ4v) is 1.78. The summed E-state index contributed by atoms with van der Waals surface area (Å²) in [5.41, 5.74) is 1.03. The standard InChI is InChI=1S/C11H11ClN2O2/c12-9-3-1-8(2-4-9)5-14-6-10(15)13-11(16)7-14/h1-4H,5-7H2,(H,13,15,16). The van der Waals surface area contributed by atoms with Crippen LogP contribution in [0.1, 0.15) is 5.56 Å². The number of benzene rings is 1. The van der Waals surface area contributed by atoms with E-state index >= 15 is 0 Å². The van der Waals surface area contributed by atoms with E-state index in [4.69, 9.17) is 11.6 Å². The Morgan fingerprint density at radius 1 is 1.12 bits per heavy atom. The molecule has 0 unspecified atom stereocenters.